The van der Waals surface area contributed by atoms with E-state index in [1.807, 2.05) is 0 Å². The summed E-state index contributed by atoms with van der Waals surface area (Å²) < 4.78 is 0. The van der Waals surface area contributed by atoms with E-state index in [9.17, 15) is 14.4 Å². The zero-order chi connectivity index (χ0) is 14.1. The van der Waals surface area contributed by atoms with E-state index in [-0.39, 0.29) is 30.7 Å². The molecule has 0 unspecified atom stereocenters. The Balaban J connectivity index is 1.66. The van der Waals surface area contributed by atoms with Crippen molar-refractivity contribution in [3.63, 3.8) is 0 Å². The Bertz CT molecular complexity index is 541. The van der Waals surface area contributed by atoms with Crippen LogP contribution in [0.2, 0.25) is 0 Å². The van der Waals surface area contributed by atoms with Gasteiger partial charge in [0.1, 0.15) is 0 Å². The van der Waals surface area contributed by atoms with Crippen LogP contribution in [0.1, 0.15) is 40.0 Å². The number of hydrogen-bond donors (Lipinski definition) is 0. The third-order valence-corrected chi connectivity index (χ3v) is 3.89. The highest BCUT2D eigenvalue weighted by Crippen LogP contribution is 2.22. The summed E-state index contributed by atoms with van der Waals surface area (Å²) in [6.07, 6.45) is 2.29. The predicted molar refractivity (Wildman–Crippen MR) is 72.2 cm³/mol. The third-order valence-electron chi connectivity index (χ3n) is 3.89. The predicted octanol–water partition coefficient (Wildman–Crippen LogP) is 1.30. The fraction of sp³-hybridized carbons (Fsp3) is 0.400. The second-order valence-electron chi connectivity index (χ2n) is 5.15. The first-order chi connectivity index (χ1) is 9.68. The molecule has 1 aromatic rings. The first-order valence-electron chi connectivity index (χ1n) is 6.91. The molecule has 0 spiro atoms. The first kappa shape index (κ1) is 12.8. The van der Waals surface area contributed by atoms with Crippen LogP contribution < -0.4 is 0 Å². The topological polar surface area (TPSA) is 57.7 Å². The van der Waals surface area contributed by atoms with Gasteiger partial charge in [-0.3, -0.25) is 19.3 Å². The lowest BCUT2D eigenvalue weighted by molar-refractivity contribution is -0.130. The van der Waals surface area contributed by atoms with E-state index in [2.05, 4.69) is 0 Å². The van der Waals surface area contributed by atoms with Crippen molar-refractivity contribution in [1.82, 2.24) is 9.80 Å². The summed E-state index contributed by atoms with van der Waals surface area (Å²) in [6.45, 7) is 1.75. The number of nitrogens with zero attached hydrogens (tertiary/aromatic N) is 2. The van der Waals surface area contributed by atoms with E-state index in [0.717, 1.165) is 25.9 Å². The van der Waals surface area contributed by atoms with Crippen molar-refractivity contribution in [3.8, 4) is 0 Å². The molecule has 1 saturated heterocycles. The molecule has 3 amide bonds. The monoisotopic (exact) mass is 272 g/mol. The number of imide groups is 1. The van der Waals surface area contributed by atoms with E-state index in [1.54, 1.807) is 29.2 Å². The molecular weight excluding hydrogens is 256 g/mol. The van der Waals surface area contributed by atoms with Gasteiger partial charge in [0.25, 0.3) is 11.8 Å². The number of likely N-dealkylation sites (tertiary alicyclic amines) is 1. The van der Waals surface area contributed by atoms with Crippen molar-refractivity contribution in [2.75, 3.05) is 19.6 Å². The lowest BCUT2D eigenvalue weighted by atomic mass is 10.1. The molecule has 1 aromatic carbocycles. The summed E-state index contributed by atoms with van der Waals surface area (Å²) in [6, 6.07) is 6.78. The fourth-order valence-electron chi connectivity index (χ4n) is 2.77. The van der Waals surface area contributed by atoms with E-state index < -0.39 is 0 Å². The summed E-state index contributed by atoms with van der Waals surface area (Å²) in [5.74, 6) is -0.557. The van der Waals surface area contributed by atoms with Gasteiger partial charge in [-0.1, -0.05) is 12.1 Å². The van der Waals surface area contributed by atoms with Crippen molar-refractivity contribution < 1.29 is 14.4 Å². The zero-order valence-corrected chi connectivity index (χ0v) is 11.2. The van der Waals surface area contributed by atoms with Crippen LogP contribution in [0.15, 0.2) is 24.3 Å². The van der Waals surface area contributed by atoms with Crippen LogP contribution in [-0.4, -0.2) is 47.2 Å². The van der Waals surface area contributed by atoms with Crippen molar-refractivity contribution in [1.29, 1.82) is 0 Å². The number of carbonyl (C=O) groups excluding carboxylic acids is 3. The van der Waals surface area contributed by atoms with Crippen molar-refractivity contribution in [3.05, 3.63) is 35.4 Å². The summed E-state index contributed by atoms with van der Waals surface area (Å²) in [5.41, 5.74) is 0.872. The lowest BCUT2D eigenvalue weighted by Gasteiger charge is -2.18. The van der Waals surface area contributed by atoms with E-state index in [1.165, 1.54) is 4.90 Å². The highest BCUT2D eigenvalue weighted by atomic mass is 16.2. The van der Waals surface area contributed by atoms with Crippen molar-refractivity contribution in [2.45, 2.75) is 19.3 Å². The van der Waals surface area contributed by atoms with Crippen LogP contribution in [0.25, 0.3) is 0 Å². The smallest absolute Gasteiger partial charge is 0.261 e. The number of fused-ring (bicyclic) bond motifs is 1. The average molecular weight is 272 g/mol. The Morgan fingerprint density at radius 2 is 1.55 bits per heavy atom. The quantitative estimate of drug-likeness (QED) is 0.779. The minimum atomic E-state index is -0.292. The van der Waals surface area contributed by atoms with E-state index in [0.29, 0.717) is 11.1 Å². The minimum absolute atomic E-state index is 0.0269. The van der Waals surface area contributed by atoms with Gasteiger partial charge >= 0.3 is 0 Å². The highest BCUT2D eigenvalue weighted by molar-refractivity contribution is 6.21. The largest absolute Gasteiger partial charge is 0.343 e. The van der Waals surface area contributed by atoms with Gasteiger partial charge in [-0.05, 0) is 25.0 Å². The van der Waals surface area contributed by atoms with Gasteiger partial charge in [0, 0.05) is 26.1 Å². The van der Waals surface area contributed by atoms with Gasteiger partial charge < -0.3 is 4.90 Å². The van der Waals surface area contributed by atoms with Gasteiger partial charge in [0.2, 0.25) is 5.91 Å². The van der Waals surface area contributed by atoms with Crippen LogP contribution in [-0.2, 0) is 4.79 Å². The number of rotatable bonds is 3. The summed E-state index contributed by atoms with van der Waals surface area (Å²) in [5, 5.41) is 0. The molecule has 0 aromatic heterocycles. The van der Waals surface area contributed by atoms with Crippen molar-refractivity contribution >= 4 is 17.7 Å². The molecule has 2 aliphatic heterocycles. The Hall–Kier alpha value is -2.17. The first-order valence-corrected chi connectivity index (χ1v) is 6.91. The molecular formula is C15H16N2O3. The Kier molecular flexibility index (Phi) is 3.26. The summed E-state index contributed by atoms with van der Waals surface area (Å²) in [7, 11) is 0. The molecule has 0 radical (unpaired) electrons. The molecule has 5 heteroatoms. The molecule has 0 bridgehead atoms. The fourth-order valence-corrected chi connectivity index (χ4v) is 2.77. The molecule has 20 heavy (non-hydrogen) atoms. The maximum absolute atomic E-state index is 12.1. The molecule has 3 rings (SSSR count). The SMILES string of the molecule is O=C(CCN1C(=O)c2ccccc2C1=O)N1CCCC1. The Labute approximate surface area is 117 Å². The molecule has 5 nitrogen and oxygen atoms in total. The third kappa shape index (κ3) is 2.09. The van der Waals surface area contributed by atoms with Crippen LogP contribution >= 0.6 is 0 Å². The Morgan fingerprint density at radius 1 is 1.00 bits per heavy atom. The van der Waals surface area contributed by atoms with Gasteiger partial charge in [-0.2, -0.15) is 0 Å². The number of carbonyl (C=O) groups is 3. The summed E-state index contributed by atoms with van der Waals surface area (Å²) in [4.78, 5) is 39.2. The van der Waals surface area contributed by atoms with Gasteiger partial charge in [-0.25, -0.2) is 0 Å². The van der Waals surface area contributed by atoms with Crippen molar-refractivity contribution in [2.24, 2.45) is 0 Å². The van der Waals surface area contributed by atoms with Crippen LogP contribution in [0, 0.1) is 0 Å². The van der Waals surface area contributed by atoms with Gasteiger partial charge in [0.05, 0.1) is 11.1 Å². The number of amides is 3. The maximum atomic E-state index is 12.1. The average Bonchev–Trinajstić information content (AvgIpc) is 3.07. The molecule has 2 aliphatic rings. The summed E-state index contributed by atoms with van der Waals surface area (Å²) >= 11 is 0. The van der Waals surface area contributed by atoms with E-state index in [4.69, 9.17) is 0 Å². The number of benzene rings is 1. The van der Waals surface area contributed by atoms with Gasteiger partial charge in [0.15, 0.2) is 0 Å². The zero-order valence-electron chi connectivity index (χ0n) is 11.2. The molecule has 0 saturated carbocycles. The molecule has 0 N–H and O–H groups in total. The van der Waals surface area contributed by atoms with E-state index >= 15 is 0 Å². The Morgan fingerprint density at radius 3 is 2.10 bits per heavy atom. The lowest BCUT2D eigenvalue weighted by Crippen LogP contribution is -2.35. The molecule has 1 fully saturated rings. The second-order valence-corrected chi connectivity index (χ2v) is 5.15. The molecule has 2 heterocycles. The van der Waals surface area contributed by atoms with Crippen LogP contribution in [0.3, 0.4) is 0 Å². The van der Waals surface area contributed by atoms with Crippen LogP contribution in [0.5, 0.6) is 0 Å². The normalized spacial score (nSPS) is 17.8. The molecule has 0 atom stereocenters. The maximum Gasteiger partial charge on any atom is 0.261 e. The number of hydrogen-bond acceptors (Lipinski definition) is 3. The molecule has 104 valence electrons. The standard InChI is InChI=1S/C15H16N2O3/c18-13(16-8-3-4-9-16)7-10-17-14(19)11-5-1-2-6-12(11)15(17)20/h1-2,5-6H,3-4,7-10H2. The molecule has 0 aliphatic carbocycles. The highest BCUT2D eigenvalue weighted by Gasteiger charge is 2.35. The minimum Gasteiger partial charge on any atom is -0.343 e. The second kappa shape index (κ2) is 5.07. The van der Waals surface area contributed by atoms with Gasteiger partial charge in [-0.15, -0.1) is 0 Å². The van der Waals surface area contributed by atoms with Crippen LogP contribution in [0.4, 0.5) is 0 Å².